The van der Waals surface area contributed by atoms with Gasteiger partial charge in [-0.1, -0.05) is 13.3 Å². The van der Waals surface area contributed by atoms with Gasteiger partial charge in [-0.15, -0.1) is 0 Å². The predicted octanol–water partition coefficient (Wildman–Crippen LogP) is 0.00330. The second-order valence-electron chi connectivity index (χ2n) is 3.24. The van der Waals surface area contributed by atoms with Gasteiger partial charge >= 0.3 is 5.97 Å². The number of carboxylic acids is 1. The van der Waals surface area contributed by atoms with Gasteiger partial charge in [-0.25, -0.2) is 8.42 Å². The van der Waals surface area contributed by atoms with Crippen LogP contribution < -0.4 is 5.73 Å². The Morgan fingerprint density at radius 3 is 2.43 bits per heavy atom. The highest BCUT2D eigenvalue weighted by molar-refractivity contribution is 7.91. The Morgan fingerprint density at radius 2 is 2.00 bits per heavy atom. The number of nitrogens with two attached hydrogens (primary N) is 1. The van der Waals surface area contributed by atoms with Crippen molar-refractivity contribution < 1.29 is 18.3 Å². The molecule has 0 aliphatic heterocycles. The van der Waals surface area contributed by atoms with E-state index in [2.05, 4.69) is 0 Å². The maximum absolute atomic E-state index is 11.3. The molecule has 1 atom stereocenters. The van der Waals surface area contributed by atoms with Gasteiger partial charge < -0.3 is 10.8 Å². The Kier molecular flexibility index (Phi) is 5.71. The molecule has 0 spiro atoms. The highest BCUT2D eigenvalue weighted by Crippen LogP contribution is 2.01. The molecule has 0 fully saturated rings. The van der Waals surface area contributed by atoms with Gasteiger partial charge in [0.05, 0.1) is 11.5 Å². The van der Waals surface area contributed by atoms with E-state index >= 15 is 0 Å². The summed E-state index contributed by atoms with van der Waals surface area (Å²) in [6, 6.07) is -1.08. The van der Waals surface area contributed by atoms with E-state index in [-0.39, 0.29) is 17.9 Å². The van der Waals surface area contributed by atoms with Crippen LogP contribution >= 0.6 is 0 Å². The number of unbranched alkanes of at least 4 members (excludes halogenated alkanes) is 1. The van der Waals surface area contributed by atoms with Crippen molar-refractivity contribution in [1.29, 1.82) is 0 Å². The number of hydrogen-bond donors (Lipinski definition) is 2. The van der Waals surface area contributed by atoms with Crippen LogP contribution in [0.3, 0.4) is 0 Å². The van der Waals surface area contributed by atoms with Crippen molar-refractivity contribution in [2.75, 3.05) is 11.5 Å². The third kappa shape index (κ3) is 5.93. The second-order valence-corrected chi connectivity index (χ2v) is 5.54. The Bertz CT molecular complexity index is 273. The molecule has 0 bridgehead atoms. The molecule has 0 aliphatic carbocycles. The van der Waals surface area contributed by atoms with Crippen LogP contribution in [0, 0.1) is 0 Å². The normalized spacial score (nSPS) is 13.9. The van der Waals surface area contributed by atoms with Gasteiger partial charge in [0.2, 0.25) is 0 Å². The first-order valence-electron chi connectivity index (χ1n) is 4.58. The van der Waals surface area contributed by atoms with Gasteiger partial charge in [-0.3, -0.25) is 4.79 Å². The lowest BCUT2D eigenvalue weighted by Gasteiger charge is -2.06. The minimum Gasteiger partial charge on any atom is -0.480 e. The first kappa shape index (κ1) is 13.4. The zero-order valence-electron chi connectivity index (χ0n) is 8.27. The molecule has 0 unspecified atom stereocenters. The van der Waals surface area contributed by atoms with Crippen LogP contribution in [0.15, 0.2) is 0 Å². The second kappa shape index (κ2) is 5.98. The molecule has 0 aromatic heterocycles. The lowest BCUT2D eigenvalue weighted by atomic mass is 10.2. The first-order valence-corrected chi connectivity index (χ1v) is 6.40. The molecule has 0 saturated carbocycles. The molecule has 0 aliphatic rings. The molecule has 0 saturated heterocycles. The van der Waals surface area contributed by atoms with Crippen LogP contribution in [0.2, 0.25) is 0 Å². The summed E-state index contributed by atoms with van der Waals surface area (Å²) in [5.41, 5.74) is 5.19. The van der Waals surface area contributed by atoms with Gasteiger partial charge in [0.25, 0.3) is 0 Å². The summed E-state index contributed by atoms with van der Waals surface area (Å²) in [5.74, 6) is -1.17. The van der Waals surface area contributed by atoms with Crippen LogP contribution in [0.5, 0.6) is 0 Å². The summed E-state index contributed by atoms with van der Waals surface area (Å²) in [7, 11) is -3.12. The molecule has 0 rings (SSSR count). The zero-order chi connectivity index (χ0) is 11.2. The number of aliphatic carboxylic acids is 1. The number of sulfone groups is 1. The standard InChI is InChI=1S/C8H17NO4S/c1-2-3-5-14(12,13)6-4-7(9)8(10)11/h7H,2-6,9H2,1H3,(H,10,11)/t7-/m1/s1. The van der Waals surface area contributed by atoms with E-state index in [1.54, 1.807) is 0 Å². The highest BCUT2D eigenvalue weighted by Gasteiger charge is 2.16. The van der Waals surface area contributed by atoms with E-state index in [1.165, 1.54) is 0 Å². The van der Waals surface area contributed by atoms with Crippen molar-refractivity contribution in [3.8, 4) is 0 Å². The first-order chi connectivity index (χ1) is 6.39. The lowest BCUT2D eigenvalue weighted by molar-refractivity contribution is -0.138. The van der Waals surface area contributed by atoms with Gasteiger partial charge in [-0.2, -0.15) is 0 Å². The van der Waals surface area contributed by atoms with Crippen molar-refractivity contribution >= 4 is 15.8 Å². The Labute approximate surface area is 84.2 Å². The van der Waals surface area contributed by atoms with Crippen LogP contribution in [0.25, 0.3) is 0 Å². The van der Waals surface area contributed by atoms with Crippen molar-refractivity contribution in [2.24, 2.45) is 5.73 Å². The molecule has 6 heteroatoms. The topological polar surface area (TPSA) is 97.5 Å². The number of carbonyl (C=O) groups is 1. The smallest absolute Gasteiger partial charge is 0.320 e. The van der Waals surface area contributed by atoms with Crippen LogP contribution in [0.4, 0.5) is 0 Å². The van der Waals surface area contributed by atoms with E-state index in [0.29, 0.717) is 6.42 Å². The number of rotatable bonds is 7. The maximum Gasteiger partial charge on any atom is 0.320 e. The summed E-state index contributed by atoms with van der Waals surface area (Å²) in [6.45, 7) is 1.90. The van der Waals surface area contributed by atoms with E-state index < -0.39 is 21.8 Å². The van der Waals surface area contributed by atoms with Crippen molar-refractivity contribution in [1.82, 2.24) is 0 Å². The fourth-order valence-electron chi connectivity index (χ4n) is 0.896. The lowest BCUT2D eigenvalue weighted by Crippen LogP contribution is -2.32. The Balaban J connectivity index is 3.93. The summed E-state index contributed by atoms with van der Waals surface area (Å²) in [4.78, 5) is 10.3. The third-order valence-electron chi connectivity index (χ3n) is 1.87. The quantitative estimate of drug-likeness (QED) is 0.633. The molecule has 0 aromatic carbocycles. The summed E-state index contributed by atoms with van der Waals surface area (Å²) >= 11 is 0. The number of carboxylic acid groups (broad SMARTS) is 1. The minimum absolute atomic E-state index is 0.0125. The van der Waals surface area contributed by atoms with Crippen molar-refractivity contribution in [2.45, 2.75) is 32.2 Å². The van der Waals surface area contributed by atoms with Gasteiger partial charge in [0, 0.05) is 0 Å². The molecular weight excluding hydrogens is 206 g/mol. The third-order valence-corrected chi connectivity index (χ3v) is 3.63. The average molecular weight is 223 g/mol. The van der Waals surface area contributed by atoms with Crippen LogP contribution in [-0.2, 0) is 14.6 Å². The Morgan fingerprint density at radius 1 is 1.43 bits per heavy atom. The predicted molar refractivity (Wildman–Crippen MR) is 53.8 cm³/mol. The van der Waals surface area contributed by atoms with Gasteiger partial charge in [0.15, 0.2) is 0 Å². The largest absolute Gasteiger partial charge is 0.480 e. The summed E-state index contributed by atoms with van der Waals surface area (Å²) < 4.78 is 22.5. The zero-order valence-corrected chi connectivity index (χ0v) is 9.09. The molecule has 5 nitrogen and oxygen atoms in total. The fourth-order valence-corrected chi connectivity index (χ4v) is 2.44. The van der Waals surface area contributed by atoms with E-state index in [0.717, 1.165) is 6.42 Å². The number of hydrogen-bond acceptors (Lipinski definition) is 4. The van der Waals surface area contributed by atoms with E-state index in [1.807, 2.05) is 6.92 Å². The van der Waals surface area contributed by atoms with Crippen molar-refractivity contribution in [3.05, 3.63) is 0 Å². The van der Waals surface area contributed by atoms with Crippen LogP contribution in [-0.4, -0.2) is 37.0 Å². The average Bonchev–Trinajstić information content (AvgIpc) is 2.11. The van der Waals surface area contributed by atoms with Crippen LogP contribution in [0.1, 0.15) is 26.2 Å². The molecular formula is C8H17NO4S. The minimum atomic E-state index is -3.12. The maximum atomic E-state index is 11.3. The van der Waals surface area contributed by atoms with Gasteiger partial charge in [0.1, 0.15) is 15.9 Å². The molecule has 0 amide bonds. The van der Waals surface area contributed by atoms with Gasteiger partial charge in [-0.05, 0) is 12.8 Å². The van der Waals surface area contributed by atoms with E-state index in [9.17, 15) is 13.2 Å². The monoisotopic (exact) mass is 223 g/mol. The molecule has 0 radical (unpaired) electrons. The Hall–Kier alpha value is -0.620. The molecule has 3 N–H and O–H groups in total. The summed E-state index contributed by atoms with van der Waals surface area (Å²) in [5, 5.41) is 8.44. The molecule has 0 aromatic rings. The summed E-state index contributed by atoms with van der Waals surface area (Å²) in [6.07, 6.45) is 1.41. The molecule has 14 heavy (non-hydrogen) atoms. The molecule has 0 heterocycles. The SMILES string of the molecule is CCCCS(=O)(=O)CC[C@@H](N)C(=O)O. The van der Waals surface area contributed by atoms with Crippen molar-refractivity contribution in [3.63, 3.8) is 0 Å². The molecule has 84 valence electrons. The van der Waals surface area contributed by atoms with E-state index in [4.69, 9.17) is 10.8 Å². The fraction of sp³-hybridized carbons (Fsp3) is 0.875. The highest BCUT2D eigenvalue weighted by atomic mass is 32.2.